The van der Waals surface area contributed by atoms with E-state index in [4.69, 9.17) is 19.9 Å². The summed E-state index contributed by atoms with van der Waals surface area (Å²) < 4.78 is 5.97. The Labute approximate surface area is 312 Å². The number of rotatable bonds is 5. The van der Waals surface area contributed by atoms with Crippen LogP contribution in [0.1, 0.15) is 0 Å². The van der Waals surface area contributed by atoms with E-state index >= 15 is 0 Å². The molecular weight excluding hydrogens is 687 g/mol. The third kappa shape index (κ3) is 4.97. The third-order valence-corrected chi connectivity index (χ3v) is 12.2. The van der Waals surface area contributed by atoms with Gasteiger partial charge in [-0.1, -0.05) is 103 Å². The van der Waals surface area contributed by atoms with Crippen molar-refractivity contribution in [1.82, 2.24) is 24.5 Å². The summed E-state index contributed by atoms with van der Waals surface area (Å²) in [6, 6.07) is 57.4. The number of fused-ring (bicyclic) bond motifs is 7. The van der Waals surface area contributed by atoms with Gasteiger partial charge in [-0.15, -0.1) is 22.7 Å². The predicted molar refractivity (Wildman–Crippen MR) is 222 cm³/mol. The minimum atomic E-state index is 0.638. The van der Waals surface area contributed by atoms with Gasteiger partial charge in [0.25, 0.3) is 0 Å². The lowest BCUT2D eigenvalue weighted by Crippen LogP contribution is -2.00. The molecule has 0 N–H and O–H groups in total. The van der Waals surface area contributed by atoms with Crippen molar-refractivity contribution in [1.29, 1.82) is 0 Å². The Morgan fingerprint density at radius 2 is 1.04 bits per heavy atom. The highest BCUT2D eigenvalue weighted by molar-refractivity contribution is 7.26. The van der Waals surface area contributed by atoms with E-state index in [0.29, 0.717) is 17.5 Å². The highest BCUT2D eigenvalue weighted by Gasteiger charge is 2.18. The first kappa shape index (κ1) is 30.1. The molecule has 0 amide bonds. The summed E-state index contributed by atoms with van der Waals surface area (Å²) in [6.07, 6.45) is 0. The summed E-state index contributed by atoms with van der Waals surface area (Å²) in [5.74, 6) is 1.95. The number of benzene rings is 7. The van der Waals surface area contributed by atoms with Crippen LogP contribution in [0.3, 0.4) is 0 Å². The van der Waals surface area contributed by atoms with Gasteiger partial charge in [-0.05, 0) is 60.7 Å². The quantitative estimate of drug-likeness (QED) is 0.178. The molecule has 0 radical (unpaired) electrons. The van der Waals surface area contributed by atoms with Crippen LogP contribution in [0, 0.1) is 0 Å². The Morgan fingerprint density at radius 1 is 0.396 bits per heavy atom. The summed E-state index contributed by atoms with van der Waals surface area (Å²) in [5.41, 5.74) is 8.38. The molecule has 0 bridgehead atoms. The van der Waals surface area contributed by atoms with E-state index in [1.54, 1.807) is 22.7 Å². The van der Waals surface area contributed by atoms with Gasteiger partial charge in [-0.2, -0.15) is 0 Å². The van der Waals surface area contributed by atoms with Gasteiger partial charge in [0, 0.05) is 58.9 Å². The highest BCUT2D eigenvalue weighted by Crippen LogP contribution is 2.40. The normalized spacial score (nSPS) is 11.8. The third-order valence-electron chi connectivity index (χ3n) is 9.91. The molecule has 4 aromatic heterocycles. The smallest absolute Gasteiger partial charge is 0.165 e. The van der Waals surface area contributed by atoms with Gasteiger partial charge in [0.2, 0.25) is 0 Å². The molecule has 0 spiro atoms. The van der Waals surface area contributed by atoms with Gasteiger partial charge in [0.15, 0.2) is 17.5 Å². The number of nitrogens with zero attached hydrogens (tertiary/aromatic N) is 5. The molecule has 0 aliphatic heterocycles. The van der Waals surface area contributed by atoms with Crippen LogP contribution in [0.2, 0.25) is 0 Å². The molecule has 0 aliphatic carbocycles. The van der Waals surface area contributed by atoms with E-state index in [1.807, 2.05) is 24.3 Å². The van der Waals surface area contributed by atoms with Crippen molar-refractivity contribution in [3.8, 4) is 50.4 Å². The molecule has 0 fully saturated rings. The van der Waals surface area contributed by atoms with Crippen LogP contribution in [0.4, 0.5) is 0 Å². The van der Waals surface area contributed by atoms with Crippen LogP contribution in [-0.4, -0.2) is 24.5 Å². The van der Waals surface area contributed by atoms with Crippen molar-refractivity contribution in [2.45, 2.75) is 0 Å². The predicted octanol–water partition coefficient (Wildman–Crippen LogP) is 12.6. The highest BCUT2D eigenvalue weighted by atomic mass is 32.1. The van der Waals surface area contributed by atoms with Gasteiger partial charge >= 0.3 is 0 Å². The van der Waals surface area contributed by atoms with Crippen LogP contribution in [-0.2, 0) is 0 Å². The van der Waals surface area contributed by atoms with E-state index in [1.165, 1.54) is 35.6 Å². The number of para-hydroxylation sites is 2. The van der Waals surface area contributed by atoms with E-state index in [0.717, 1.165) is 49.5 Å². The molecule has 7 aromatic carbocycles. The van der Waals surface area contributed by atoms with Crippen molar-refractivity contribution < 1.29 is 0 Å². The minimum absolute atomic E-state index is 0.638. The number of hydrogen-bond acceptors (Lipinski definition) is 6. The Kier molecular flexibility index (Phi) is 6.83. The average molecular weight is 714 g/mol. The van der Waals surface area contributed by atoms with Gasteiger partial charge in [-0.25, -0.2) is 19.9 Å². The number of thiazole rings is 1. The average Bonchev–Trinajstić information content (AvgIpc) is 3.93. The van der Waals surface area contributed by atoms with Crippen molar-refractivity contribution in [3.63, 3.8) is 0 Å². The van der Waals surface area contributed by atoms with Crippen LogP contribution >= 0.6 is 22.7 Å². The zero-order chi connectivity index (χ0) is 34.9. The monoisotopic (exact) mass is 713 g/mol. The fraction of sp³-hybridized carbons (Fsp3) is 0. The first-order chi connectivity index (χ1) is 26.2. The molecular formula is C46H27N5S2. The molecule has 53 heavy (non-hydrogen) atoms. The summed E-state index contributed by atoms with van der Waals surface area (Å²) in [4.78, 5) is 20.2. The maximum Gasteiger partial charge on any atom is 0.165 e. The minimum Gasteiger partial charge on any atom is -0.309 e. The number of thiophene rings is 1. The summed E-state index contributed by atoms with van der Waals surface area (Å²) in [5, 5.41) is 5.91. The molecule has 0 saturated carbocycles. The molecule has 0 unspecified atom stereocenters. The van der Waals surface area contributed by atoms with Crippen LogP contribution in [0.5, 0.6) is 0 Å². The molecule has 11 rings (SSSR count). The Morgan fingerprint density at radius 3 is 1.87 bits per heavy atom. The lowest BCUT2D eigenvalue weighted by atomic mass is 10.1. The van der Waals surface area contributed by atoms with Gasteiger partial charge < -0.3 is 4.57 Å². The van der Waals surface area contributed by atoms with Gasteiger partial charge in [0.1, 0.15) is 5.01 Å². The second kappa shape index (κ2) is 12.0. The molecule has 0 atom stereocenters. The summed E-state index contributed by atoms with van der Waals surface area (Å²) >= 11 is 3.51. The van der Waals surface area contributed by atoms with Crippen LogP contribution in [0.15, 0.2) is 164 Å². The largest absolute Gasteiger partial charge is 0.309 e. The molecule has 7 heteroatoms. The first-order valence-corrected chi connectivity index (χ1v) is 19.1. The second-order valence-electron chi connectivity index (χ2n) is 13.1. The SMILES string of the molecule is c1ccc(-c2nc(-c3ccc(-n4c5ccccc5c5ccc(-c6nc7ccccc7s6)cc54)cc3)nc(-c3cccc4c3sc3ccccc34)n2)cc1. The van der Waals surface area contributed by atoms with E-state index in [-0.39, 0.29) is 0 Å². The summed E-state index contributed by atoms with van der Waals surface area (Å²) in [7, 11) is 0. The lowest BCUT2D eigenvalue weighted by Gasteiger charge is -2.11. The molecule has 11 aromatic rings. The molecule has 248 valence electrons. The fourth-order valence-corrected chi connectivity index (χ4v) is 9.58. The summed E-state index contributed by atoms with van der Waals surface area (Å²) in [6.45, 7) is 0. The van der Waals surface area contributed by atoms with Gasteiger partial charge in [0.05, 0.1) is 21.3 Å². The topological polar surface area (TPSA) is 56.5 Å². The van der Waals surface area contributed by atoms with E-state index in [2.05, 4.69) is 144 Å². The molecule has 4 heterocycles. The molecule has 0 saturated heterocycles. The fourth-order valence-electron chi connectivity index (χ4n) is 7.40. The van der Waals surface area contributed by atoms with E-state index < -0.39 is 0 Å². The number of aromatic nitrogens is 5. The van der Waals surface area contributed by atoms with Crippen molar-refractivity contribution in [2.75, 3.05) is 0 Å². The van der Waals surface area contributed by atoms with Gasteiger partial charge in [-0.3, -0.25) is 0 Å². The van der Waals surface area contributed by atoms with Crippen molar-refractivity contribution >= 4 is 74.9 Å². The van der Waals surface area contributed by atoms with Crippen LogP contribution < -0.4 is 0 Å². The Balaban J connectivity index is 1.06. The number of hydrogen-bond donors (Lipinski definition) is 0. The molecule has 5 nitrogen and oxygen atoms in total. The Bertz CT molecular complexity index is 3140. The maximum absolute atomic E-state index is 5.15. The Hall–Kier alpha value is -6.54. The zero-order valence-electron chi connectivity index (χ0n) is 28.1. The second-order valence-corrected chi connectivity index (χ2v) is 15.2. The zero-order valence-corrected chi connectivity index (χ0v) is 29.8. The lowest BCUT2D eigenvalue weighted by molar-refractivity contribution is 1.08. The standard InChI is InChI=1S/C46H27N5S2/c1-2-11-28(12-3-1)43-48-44(50-45(49-43)36-16-10-15-35-34-14-5-8-19-40(34)52-42(35)36)29-21-24-31(25-22-29)51-38-18-7-4-13-32(38)33-26-23-30(27-39(33)51)46-47-37-17-6-9-20-41(37)53-46/h1-27H. The first-order valence-electron chi connectivity index (χ1n) is 17.5. The van der Waals surface area contributed by atoms with E-state index in [9.17, 15) is 0 Å². The van der Waals surface area contributed by atoms with Crippen LogP contribution in [0.25, 0.3) is 103 Å². The van der Waals surface area contributed by atoms with Crippen molar-refractivity contribution in [2.24, 2.45) is 0 Å². The molecule has 0 aliphatic rings. The maximum atomic E-state index is 5.15. The van der Waals surface area contributed by atoms with Crippen molar-refractivity contribution in [3.05, 3.63) is 164 Å².